The Balaban J connectivity index is 1.58. The van der Waals surface area contributed by atoms with Gasteiger partial charge in [0, 0.05) is 10.9 Å². The lowest BCUT2D eigenvalue weighted by atomic mass is 10.2. The molecular formula is C26H21BrCl2IN3O2. The zero-order valence-corrected chi connectivity index (χ0v) is 24.0. The number of ether oxygens (including phenoxy) is 1. The van der Waals surface area contributed by atoms with Crippen molar-refractivity contribution < 1.29 is 4.74 Å². The van der Waals surface area contributed by atoms with Crippen LogP contribution in [-0.2, 0) is 13.0 Å². The van der Waals surface area contributed by atoms with Crippen LogP contribution in [-0.4, -0.2) is 15.9 Å². The van der Waals surface area contributed by atoms with Crippen LogP contribution in [0.25, 0.3) is 10.9 Å². The van der Waals surface area contributed by atoms with Gasteiger partial charge in [-0.2, -0.15) is 9.78 Å². The predicted molar refractivity (Wildman–Crippen MR) is 155 cm³/mol. The van der Waals surface area contributed by atoms with Gasteiger partial charge in [-0.05, 0) is 88.7 Å². The molecule has 0 radical (unpaired) electrons. The van der Waals surface area contributed by atoms with Crippen LogP contribution in [0.5, 0.6) is 5.75 Å². The molecule has 1 aromatic heterocycles. The van der Waals surface area contributed by atoms with Crippen molar-refractivity contribution in [1.29, 1.82) is 0 Å². The first-order valence-corrected chi connectivity index (χ1v) is 13.6. The van der Waals surface area contributed by atoms with Gasteiger partial charge in [0.1, 0.15) is 18.2 Å². The van der Waals surface area contributed by atoms with Gasteiger partial charge in [0.05, 0.1) is 30.7 Å². The molecule has 0 aliphatic heterocycles. The van der Waals surface area contributed by atoms with Crippen LogP contribution in [0.3, 0.4) is 0 Å². The van der Waals surface area contributed by atoms with E-state index in [9.17, 15) is 4.79 Å². The molecule has 0 unspecified atom stereocenters. The van der Waals surface area contributed by atoms with Crippen molar-refractivity contribution in [2.24, 2.45) is 5.10 Å². The van der Waals surface area contributed by atoms with Crippen LogP contribution in [0.2, 0.25) is 10.0 Å². The van der Waals surface area contributed by atoms with Crippen molar-refractivity contribution in [2.45, 2.75) is 32.8 Å². The van der Waals surface area contributed by atoms with Crippen molar-refractivity contribution in [3.8, 4) is 5.75 Å². The van der Waals surface area contributed by atoms with Crippen molar-refractivity contribution in [3.63, 3.8) is 0 Å². The topological polar surface area (TPSA) is 56.5 Å². The molecule has 0 aliphatic carbocycles. The Hall–Kier alpha value is -1.94. The monoisotopic (exact) mass is 683 g/mol. The highest BCUT2D eigenvalue weighted by molar-refractivity contribution is 14.1. The minimum atomic E-state index is -0.185. The largest absolute Gasteiger partial charge is 0.488 e. The van der Waals surface area contributed by atoms with Gasteiger partial charge in [0.25, 0.3) is 5.56 Å². The van der Waals surface area contributed by atoms with E-state index in [1.54, 1.807) is 24.4 Å². The van der Waals surface area contributed by atoms with E-state index in [-0.39, 0.29) is 5.56 Å². The molecule has 5 nitrogen and oxygen atoms in total. The van der Waals surface area contributed by atoms with Gasteiger partial charge < -0.3 is 4.74 Å². The SMILES string of the molecule is CCCCc1nc2ccc(Br)cc2c(=O)n1N=Cc1ccc(OCc2ccc(Cl)c(Cl)c2)c(I)c1. The van der Waals surface area contributed by atoms with Crippen molar-refractivity contribution in [1.82, 2.24) is 9.66 Å². The first-order chi connectivity index (χ1) is 16.9. The average Bonchev–Trinajstić information content (AvgIpc) is 2.84. The Morgan fingerprint density at radius 3 is 2.69 bits per heavy atom. The quantitative estimate of drug-likeness (QED) is 0.140. The number of aromatic nitrogens is 2. The molecular weight excluding hydrogens is 664 g/mol. The van der Waals surface area contributed by atoms with Gasteiger partial charge in [0.15, 0.2) is 0 Å². The summed E-state index contributed by atoms with van der Waals surface area (Å²) < 4.78 is 9.11. The lowest BCUT2D eigenvalue weighted by Crippen LogP contribution is -2.22. The molecule has 0 N–H and O–H groups in total. The third-order valence-electron chi connectivity index (χ3n) is 5.29. The van der Waals surface area contributed by atoms with Crippen LogP contribution >= 0.6 is 61.7 Å². The molecule has 1 heterocycles. The first kappa shape index (κ1) is 26.1. The molecule has 4 rings (SSSR count). The van der Waals surface area contributed by atoms with Gasteiger partial charge in [-0.15, -0.1) is 0 Å². The van der Waals surface area contributed by atoms with E-state index in [1.807, 2.05) is 36.4 Å². The number of hydrogen-bond donors (Lipinski definition) is 0. The number of unbranched alkanes of at least 4 members (excludes halogenated alkanes) is 1. The summed E-state index contributed by atoms with van der Waals surface area (Å²) in [6.45, 7) is 2.48. The van der Waals surface area contributed by atoms with Crippen molar-refractivity contribution in [3.05, 3.63) is 100.0 Å². The predicted octanol–water partition coefficient (Wildman–Crippen LogP) is 7.87. The highest BCUT2D eigenvalue weighted by atomic mass is 127. The van der Waals surface area contributed by atoms with E-state index < -0.39 is 0 Å². The molecule has 0 amide bonds. The first-order valence-electron chi connectivity index (χ1n) is 11.0. The molecule has 0 saturated heterocycles. The molecule has 0 saturated carbocycles. The van der Waals surface area contributed by atoms with E-state index >= 15 is 0 Å². The lowest BCUT2D eigenvalue weighted by molar-refractivity contribution is 0.304. The zero-order valence-electron chi connectivity index (χ0n) is 18.8. The molecule has 0 fully saturated rings. The summed E-state index contributed by atoms with van der Waals surface area (Å²) in [4.78, 5) is 17.9. The molecule has 180 valence electrons. The maximum atomic E-state index is 13.2. The second-order valence-corrected chi connectivity index (χ2v) is 10.8. The molecule has 4 aromatic rings. The molecule has 35 heavy (non-hydrogen) atoms. The van der Waals surface area contributed by atoms with Gasteiger partial charge >= 0.3 is 0 Å². The Kier molecular flexibility index (Phi) is 8.86. The van der Waals surface area contributed by atoms with Crippen LogP contribution in [0.15, 0.2) is 69.0 Å². The second kappa shape index (κ2) is 11.9. The van der Waals surface area contributed by atoms with Gasteiger partial charge in [-0.1, -0.05) is 58.5 Å². The lowest BCUT2D eigenvalue weighted by Gasteiger charge is -2.10. The zero-order chi connectivity index (χ0) is 24.9. The minimum absolute atomic E-state index is 0.185. The minimum Gasteiger partial charge on any atom is -0.488 e. The van der Waals surface area contributed by atoms with E-state index in [2.05, 4.69) is 50.5 Å². The van der Waals surface area contributed by atoms with Gasteiger partial charge in [-0.3, -0.25) is 4.79 Å². The Morgan fingerprint density at radius 2 is 1.94 bits per heavy atom. The van der Waals surface area contributed by atoms with E-state index in [0.29, 0.717) is 39.8 Å². The Labute approximate surface area is 235 Å². The van der Waals surface area contributed by atoms with E-state index in [0.717, 1.165) is 37.8 Å². The van der Waals surface area contributed by atoms with Crippen molar-refractivity contribution in [2.75, 3.05) is 0 Å². The average molecular weight is 685 g/mol. The summed E-state index contributed by atoms with van der Waals surface area (Å²) >= 11 is 17.7. The van der Waals surface area contributed by atoms with Crippen LogP contribution < -0.4 is 10.3 Å². The Morgan fingerprint density at radius 1 is 1.11 bits per heavy atom. The standard InChI is InChI=1S/C26H21BrCl2IN3O2/c1-2-3-4-25-32-23-9-7-18(27)13-19(23)26(34)33(25)31-14-16-6-10-24(22(30)12-16)35-15-17-5-8-20(28)21(29)11-17/h5-14H,2-4,15H2,1H3. The fourth-order valence-electron chi connectivity index (χ4n) is 3.44. The van der Waals surface area contributed by atoms with Crippen LogP contribution in [0.1, 0.15) is 36.7 Å². The van der Waals surface area contributed by atoms with Crippen LogP contribution in [0, 0.1) is 3.57 Å². The maximum absolute atomic E-state index is 13.2. The summed E-state index contributed by atoms with van der Waals surface area (Å²) in [5.74, 6) is 1.39. The highest BCUT2D eigenvalue weighted by Gasteiger charge is 2.11. The maximum Gasteiger partial charge on any atom is 0.282 e. The van der Waals surface area contributed by atoms with Gasteiger partial charge in [0.2, 0.25) is 0 Å². The van der Waals surface area contributed by atoms with Crippen molar-refractivity contribution >= 4 is 78.8 Å². The van der Waals surface area contributed by atoms with E-state index in [4.69, 9.17) is 32.9 Å². The number of fused-ring (bicyclic) bond motifs is 1. The molecule has 0 aliphatic rings. The Bertz CT molecular complexity index is 1470. The third-order valence-corrected chi connectivity index (χ3v) is 7.36. The molecule has 0 atom stereocenters. The second-order valence-electron chi connectivity index (χ2n) is 7.88. The summed E-state index contributed by atoms with van der Waals surface area (Å²) in [6, 6.07) is 16.7. The molecule has 9 heteroatoms. The summed E-state index contributed by atoms with van der Waals surface area (Å²) in [6.07, 6.45) is 4.27. The summed E-state index contributed by atoms with van der Waals surface area (Å²) in [5, 5.41) is 6.06. The van der Waals surface area contributed by atoms with E-state index in [1.165, 1.54) is 4.68 Å². The smallest absolute Gasteiger partial charge is 0.282 e. The number of benzene rings is 3. The van der Waals surface area contributed by atoms with Gasteiger partial charge in [-0.25, -0.2) is 4.98 Å². The molecule has 3 aromatic carbocycles. The number of hydrogen-bond acceptors (Lipinski definition) is 4. The number of aryl methyl sites for hydroxylation is 1. The fraction of sp³-hybridized carbons (Fsp3) is 0.192. The third kappa shape index (κ3) is 6.44. The number of halogens is 4. The molecule has 0 bridgehead atoms. The summed E-state index contributed by atoms with van der Waals surface area (Å²) in [5.41, 5.74) is 2.26. The highest BCUT2D eigenvalue weighted by Crippen LogP contribution is 2.26. The normalized spacial score (nSPS) is 11.5. The van der Waals surface area contributed by atoms with Crippen LogP contribution in [0.4, 0.5) is 0 Å². The number of rotatable bonds is 8. The molecule has 0 spiro atoms. The summed E-state index contributed by atoms with van der Waals surface area (Å²) in [7, 11) is 0. The number of nitrogens with zero attached hydrogens (tertiary/aromatic N) is 3. The fourth-order valence-corrected chi connectivity index (χ4v) is 4.82.